The maximum absolute atomic E-state index is 13.7. The summed E-state index contributed by atoms with van der Waals surface area (Å²) in [5.41, 5.74) is 2.84. The number of hydrogen-bond donors (Lipinski definition) is 5. The third-order valence-corrected chi connectivity index (χ3v) is 8.45. The summed E-state index contributed by atoms with van der Waals surface area (Å²) >= 11 is 0. The molecule has 2 aromatic rings. The van der Waals surface area contributed by atoms with Crippen molar-refractivity contribution in [2.45, 2.75) is 44.2 Å². The standard InChI is InChI=1S/C28H28N2O8/c29-27(36)23-19(32)11-14-9-13-10-17-16(20-6-3-15(38-20)12-30-7-1-2-8-30)4-5-18(31)22(17)24(33)21(13)25(34)28(14,37)26(23)35/h3-6,13-14,31-32,34,37H,1-2,7-12H2,(H2,29,36)/t13-,14+,28+/m1/s1. The van der Waals surface area contributed by atoms with Gasteiger partial charge in [-0.15, -0.1) is 0 Å². The van der Waals surface area contributed by atoms with E-state index in [1.54, 1.807) is 6.07 Å². The number of aliphatic hydroxyl groups is 3. The summed E-state index contributed by atoms with van der Waals surface area (Å²) in [7, 11) is 0. The smallest absolute Gasteiger partial charge is 0.255 e. The first-order chi connectivity index (χ1) is 18.1. The molecule has 6 N–H and O–H groups in total. The van der Waals surface area contributed by atoms with E-state index in [0.29, 0.717) is 23.4 Å². The van der Waals surface area contributed by atoms with Crippen LogP contribution in [0.2, 0.25) is 0 Å². The normalized spacial score (nSPS) is 27.4. The third kappa shape index (κ3) is 3.44. The molecule has 10 nitrogen and oxygen atoms in total. The molecule has 0 bridgehead atoms. The zero-order chi connectivity index (χ0) is 26.9. The van der Waals surface area contributed by atoms with Gasteiger partial charge in [0.2, 0.25) is 5.78 Å². The van der Waals surface area contributed by atoms with E-state index >= 15 is 0 Å². The number of fused-ring (bicyclic) bond motifs is 3. The van der Waals surface area contributed by atoms with Crippen molar-refractivity contribution in [3.8, 4) is 17.1 Å². The number of phenols is 1. The highest BCUT2D eigenvalue weighted by atomic mass is 16.4. The molecule has 0 unspecified atom stereocenters. The second-order valence-electron chi connectivity index (χ2n) is 10.6. The molecule has 0 radical (unpaired) electrons. The number of benzene rings is 1. The Balaban J connectivity index is 1.41. The van der Waals surface area contributed by atoms with Crippen molar-refractivity contribution in [1.29, 1.82) is 0 Å². The van der Waals surface area contributed by atoms with Crippen molar-refractivity contribution >= 4 is 17.5 Å². The molecule has 2 heterocycles. The Bertz CT molecular complexity index is 1460. The van der Waals surface area contributed by atoms with Gasteiger partial charge in [-0.05, 0) is 74.5 Å². The number of ketones is 2. The number of likely N-dealkylation sites (tertiary alicyclic amines) is 1. The molecule has 10 heteroatoms. The molecular formula is C28H28N2O8. The average Bonchev–Trinajstić information content (AvgIpc) is 3.54. The quantitative estimate of drug-likeness (QED) is 0.379. The number of furan rings is 1. The number of aliphatic hydroxyl groups excluding tert-OH is 2. The third-order valence-electron chi connectivity index (χ3n) is 8.45. The van der Waals surface area contributed by atoms with E-state index in [4.69, 9.17) is 10.2 Å². The van der Waals surface area contributed by atoms with Gasteiger partial charge in [0, 0.05) is 23.5 Å². The Morgan fingerprint density at radius 3 is 2.53 bits per heavy atom. The predicted molar refractivity (Wildman–Crippen MR) is 133 cm³/mol. The summed E-state index contributed by atoms with van der Waals surface area (Å²) in [4.78, 5) is 40.9. The first kappa shape index (κ1) is 24.4. The summed E-state index contributed by atoms with van der Waals surface area (Å²) in [5, 5.41) is 43.5. The number of carbonyl (C=O) groups excluding carboxylic acids is 3. The Kier molecular flexibility index (Phi) is 5.51. The van der Waals surface area contributed by atoms with Gasteiger partial charge in [0.15, 0.2) is 11.4 Å². The van der Waals surface area contributed by atoms with Crippen LogP contribution in [-0.2, 0) is 22.6 Å². The molecule has 38 heavy (non-hydrogen) atoms. The van der Waals surface area contributed by atoms with Gasteiger partial charge in [-0.2, -0.15) is 0 Å². The number of Topliss-reactive ketones (excluding diaryl/α,β-unsaturated/α-hetero) is 2. The monoisotopic (exact) mass is 520 g/mol. The first-order valence-electron chi connectivity index (χ1n) is 12.7. The number of allylic oxidation sites excluding steroid dienone is 2. The molecule has 0 saturated carbocycles. The number of nitrogens with zero attached hydrogens (tertiary/aromatic N) is 1. The van der Waals surface area contributed by atoms with E-state index in [-0.39, 0.29) is 36.1 Å². The maximum Gasteiger partial charge on any atom is 0.255 e. The molecular weight excluding hydrogens is 492 g/mol. The summed E-state index contributed by atoms with van der Waals surface area (Å²) in [5.74, 6) is -5.12. The zero-order valence-electron chi connectivity index (χ0n) is 20.6. The molecule has 1 fully saturated rings. The number of hydrogen-bond acceptors (Lipinski definition) is 9. The Labute approximate surface area is 217 Å². The van der Waals surface area contributed by atoms with Crippen LogP contribution in [0.25, 0.3) is 11.3 Å². The van der Waals surface area contributed by atoms with Crippen LogP contribution in [0.5, 0.6) is 5.75 Å². The van der Waals surface area contributed by atoms with E-state index in [1.807, 2.05) is 12.1 Å². The molecule has 1 aromatic heterocycles. The average molecular weight is 521 g/mol. The van der Waals surface area contributed by atoms with Crippen molar-refractivity contribution < 1.29 is 39.2 Å². The maximum atomic E-state index is 13.7. The highest BCUT2D eigenvalue weighted by molar-refractivity contribution is 6.24. The summed E-state index contributed by atoms with van der Waals surface area (Å²) in [6.45, 7) is 2.71. The van der Waals surface area contributed by atoms with Gasteiger partial charge in [0.25, 0.3) is 5.91 Å². The molecule has 4 aliphatic rings. The lowest BCUT2D eigenvalue weighted by molar-refractivity contribution is -0.144. The van der Waals surface area contributed by atoms with Gasteiger partial charge in [-0.25, -0.2) is 0 Å². The lowest BCUT2D eigenvalue weighted by Gasteiger charge is -2.45. The van der Waals surface area contributed by atoms with E-state index in [1.165, 1.54) is 6.07 Å². The molecule has 1 amide bonds. The van der Waals surface area contributed by atoms with Gasteiger partial charge in [0.1, 0.15) is 34.4 Å². The van der Waals surface area contributed by atoms with Crippen LogP contribution in [-0.4, -0.2) is 61.5 Å². The van der Waals surface area contributed by atoms with E-state index < -0.39 is 52.0 Å². The van der Waals surface area contributed by atoms with E-state index in [9.17, 15) is 34.8 Å². The Hall–Kier alpha value is -3.89. The number of rotatable bonds is 4. The molecule has 6 rings (SSSR count). The Morgan fingerprint density at radius 2 is 1.82 bits per heavy atom. The number of amides is 1. The largest absolute Gasteiger partial charge is 0.511 e. The second-order valence-corrected chi connectivity index (χ2v) is 10.6. The van der Waals surface area contributed by atoms with Crippen molar-refractivity contribution in [3.63, 3.8) is 0 Å². The van der Waals surface area contributed by atoms with Gasteiger partial charge in [0.05, 0.1) is 12.1 Å². The lowest BCUT2D eigenvalue weighted by atomic mass is 9.60. The van der Waals surface area contributed by atoms with Crippen LogP contribution in [0.15, 0.2) is 51.3 Å². The molecule has 198 valence electrons. The molecule has 1 aromatic carbocycles. The predicted octanol–water partition coefficient (Wildman–Crippen LogP) is 2.44. The number of primary amides is 1. The van der Waals surface area contributed by atoms with Gasteiger partial charge in [-0.3, -0.25) is 19.3 Å². The van der Waals surface area contributed by atoms with Crippen LogP contribution >= 0.6 is 0 Å². The zero-order valence-corrected chi connectivity index (χ0v) is 20.6. The molecule has 1 saturated heterocycles. The topological polar surface area (TPSA) is 175 Å². The fraction of sp³-hybridized carbons (Fsp3) is 0.393. The molecule has 0 spiro atoms. The van der Waals surface area contributed by atoms with Crippen LogP contribution < -0.4 is 5.73 Å². The number of phenolic OH excluding ortho intramolecular Hbond substituents is 1. The van der Waals surface area contributed by atoms with Crippen molar-refractivity contribution in [3.05, 3.63) is 63.8 Å². The summed E-state index contributed by atoms with van der Waals surface area (Å²) in [6.07, 6.45) is 2.35. The van der Waals surface area contributed by atoms with Gasteiger partial charge < -0.3 is 30.6 Å². The van der Waals surface area contributed by atoms with Crippen LogP contribution in [0, 0.1) is 11.8 Å². The minimum atomic E-state index is -2.58. The fourth-order valence-electron chi connectivity index (χ4n) is 6.62. The number of carbonyl (C=O) groups is 3. The van der Waals surface area contributed by atoms with Gasteiger partial charge >= 0.3 is 0 Å². The van der Waals surface area contributed by atoms with Gasteiger partial charge in [-0.1, -0.05) is 0 Å². The summed E-state index contributed by atoms with van der Waals surface area (Å²) in [6, 6.07) is 6.80. The molecule has 3 aliphatic carbocycles. The highest BCUT2D eigenvalue weighted by Crippen LogP contribution is 2.52. The number of aromatic hydroxyl groups is 1. The van der Waals surface area contributed by atoms with Crippen LogP contribution in [0.4, 0.5) is 0 Å². The lowest BCUT2D eigenvalue weighted by Crippen LogP contribution is -2.57. The second kappa shape index (κ2) is 8.57. The van der Waals surface area contributed by atoms with Crippen LogP contribution in [0.1, 0.15) is 47.4 Å². The minimum Gasteiger partial charge on any atom is -0.511 e. The molecule has 3 atom stereocenters. The van der Waals surface area contributed by atoms with Crippen LogP contribution in [0.3, 0.4) is 0 Å². The van der Waals surface area contributed by atoms with Crippen molar-refractivity contribution in [1.82, 2.24) is 4.90 Å². The van der Waals surface area contributed by atoms with E-state index in [2.05, 4.69) is 4.90 Å². The van der Waals surface area contributed by atoms with Crippen molar-refractivity contribution in [2.24, 2.45) is 17.6 Å². The van der Waals surface area contributed by atoms with Crippen molar-refractivity contribution in [2.75, 3.05) is 13.1 Å². The van der Waals surface area contributed by atoms with E-state index in [0.717, 1.165) is 31.7 Å². The first-order valence-corrected chi connectivity index (χ1v) is 12.7. The highest BCUT2D eigenvalue weighted by Gasteiger charge is 2.59. The Morgan fingerprint density at radius 1 is 1.08 bits per heavy atom. The summed E-state index contributed by atoms with van der Waals surface area (Å²) < 4.78 is 6.13. The minimum absolute atomic E-state index is 0.0309. The SMILES string of the molecule is NC(=O)C1=C(O)C[C@@H]2C[C@@H]3Cc4c(-c5ccc(CN6CCCC6)o5)ccc(O)c4C(=O)C3=C(O)[C@]2(O)C1=O. The molecule has 1 aliphatic heterocycles. The fourth-order valence-corrected chi connectivity index (χ4v) is 6.62. The number of nitrogens with two attached hydrogens (primary N) is 1.